The molecule has 0 saturated carbocycles. The maximum Gasteiger partial charge on any atom is 0.410 e. The number of carbonyl (C=O) groups excluding carboxylic acids is 2. The van der Waals surface area contributed by atoms with Gasteiger partial charge in [0.15, 0.2) is 0 Å². The van der Waals surface area contributed by atoms with Crippen LogP contribution in [0.25, 0.3) is 0 Å². The lowest BCUT2D eigenvalue weighted by molar-refractivity contribution is -0.134. The Kier molecular flexibility index (Phi) is 3.83. The summed E-state index contributed by atoms with van der Waals surface area (Å²) in [5.41, 5.74) is 0.453. The number of likely N-dealkylation sites (tertiary alicyclic amines) is 1. The SMILES string of the molecule is O=C(CN1CCOC1=O)N1CCC2(CCNCC2)CC1. The Labute approximate surface area is 119 Å². The summed E-state index contributed by atoms with van der Waals surface area (Å²) in [6.07, 6.45) is 4.31. The van der Waals surface area contributed by atoms with Crippen molar-refractivity contribution in [3.63, 3.8) is 0 Å². The fraction of sp³-hybridized carbons (Fsp3) is 0.857. The van der Waals surface area contributed by atoms with E-state index in [1.54, 1.807) is 0 Å². The van der Waals surface area contributed by atoms with Gasteiger partial charge in [-0.3, -0.25) is 9.69 Å². The molecule has 0 unspecified atom stereocenters. The highest BCUT2D eigenvalue weighted by Gasteiger charge is 2.37. The van der Waals surface area contributed by atoms with Crippen LogP contribution in [0.3, 0.4) is 0 Å². The molecule has 6 heteroatoms. The van der Waals surface area contributed by atoms with Crippen molar-refractivity contribution in [3.05, 3.63) is 0 Å². The molecule has 0 aromatic rings. The zero-order chi connectivity index (χ0) is 14.0. The summed E-state index contributed by atoms with van der Waals surface area (Å²) >= 11 is 0. The molecule has 3 fully saturated rings. The van der Waals surface area contributed by atoms with E-state index in [0.29, 0.717) is 18.6 Å². The van der Waals surface area contributed by atoms with Crippen molar-refractivity contribution in [2.45, 2.75) is 25.7 Å². The predicted octanol–water partition coefficient (Wildman–Crippen LogP) is 0.431. The summed E-state index contributed by atoms with van der Waals surface area (Å²) in [5, 5.41) is 3.40. The van der Waals surface area contributed by atoms with Gasteiger partial charge in [0.05, 0.1) is 6.54 Å². The number of ether oxygens (including phenoxy) is 1. The second-order valence-corrected chi connectivity index (χ2v) is 6.17. The molecule has 0 aliphatic carbocycles. The number of carbonyl (C=O) groups is 2. The van der Waals surface area contributed by atoms with Crippen molar-refractivity contribution in [2.24, 2.45) is 5.41 Å². The van der Waals surface area contributed by atoms with E-state index < -0.39 is 0 Å². The topological polar surface area (TPSA) is 61.9 Å². The highest BCUT2D eigenvalue weighted by molar-refractivity contribution is 5.83. The van der Waals surface area contributed by atoms with Crippen LogP contribution in [0.4, 0.5) is 4.79 Å². The van der Waals surface area contributed by atoms with Gasteiger partial charge in [-0.15, -0.1) is 0 Å². The number of nitrogens with one attached hydrogen (secondary N) is 1. The first-order valence-electron chi connectivity index (χ1n) is 7.59. The van der Waals surface area contributed by atoms with Gasteiger partial charge < -0.3 is 15.0 Å². The van der Waals surface area contributed by atoms with Crippen molar-refractivity contribution in [3.8, 4) is 0 Å². The zero-order valence-electron chi connectivity index (χ0n) is 11.9. The molecular weight excluding hydrogens is 258 g/mol. The minimum Gasteiger partial charge on any atom is -0.448 e. The second kappa shape index (κ2) is 5.60. The van der Waals surface area contributed by atoms with Crippen LogP contribution in [0.15, 0.2) is 0 Å². The molecule has 6 nitrogen and oxygen atoms in total. The Morgan fingerprint density at radius 2 is 1.85 bits per heavy atom. The van der Waals surface area contributed by atoms with E-state index in [4.69, 9.17) is 4.74 Å². The molecule has 1 N–H and O–H groups in total. The molecule has 3 saturated heterocycles. The maximum absolute atomic E-state index is 12.2. The van der Waals surface area contributed by atoms with Gasteiger partial charge in [0.25, 0.3) is 0 Å². The highest BCUT2D eigenvalue weighted by Crippen LogP contribution is 2.39. The fourth-order valence-electron chi connectivity index (χ4n) is 3.52. The highest BCUT2D eigenvalue weighted by atomic mass is 16.6. The number of nitrogens with zero attached hydrogens (tertiary/aromatic N) is 2. The third-order valence-electron chi connectivity index (χ3n) is 5.01. The summed E-state index contributed by atoms with van der Waals surface area (Å²) in [6, 6.07) is 0. The molecule has 0 aromatic heterocycles. The number of hydrogen-bond donors (Lipinski definition) is 1. The average Bonchev–Trinajstić information content (AvgIpc) is 2.86. The number of hydrogen-bond acceptors (Lipinski definition) is 4. The van der Waals surface area contributed by atoms with Gasteiger partial charge in [0, 0.05) is 13.1 Å². The molecule has 2 amide bonds. The van der Waals surface area contributed by atoms with Gasteiger partial charge in [0.1, 0.15) is 13.2 Å². The molecule has 3 rings (SSSR count). The van der Waals surface area contributed by atoms with Crippen molar-refractivity contribution in [2.75, 3.05) is 45.9 Å². The van der Waals surface area contributed by atoms with Crippen LogP contribution in [0.1, 0.15) is 25.7 Å². The number of piperidine rings is 2. The summed E-state index contributed by atoms with van der Waals surface area (Å²) in [7, 11) is 0. The predicted molar refractivity (Wildman–Crippen MR) is 73.3 cm³/mol. The lowest BCUT2D eigenvalue weighted by Crippen LogP contribution is -2.49. The smallest absolute Gasteiger partial charge is 0.410 e. The summed E-state index contributed by atoms with van der Waals surface area (Å²) < 4.78 is 4.85. The monoisotopic (exact) mass is 281 g/mol. The minimum atomic E-state index is -0.356. The Hall–Kier alpha value is -1.30. The Morgan fingerprint density at radius 1 is 1.15 bits per heavy atom. The van der Waals surface area contributed by atoms with Gasteiger partial charge in [-0.25, -0.2) is 4.79 Å². The summed E-state index contributed by atoms with van der Waals surface area (Å²) in [5.74, 6) is 0.0626. The van der Waals surface area contributed by atoms with E-state index in [1.165, 1.54) is 17.7 Å². The molecule has 3 aliphatic rings. The quantitative estimate of drug-likeness (QED) is 0.797. The first-order chi connectivity index (χ1) is 9.69. The van der Waals surface area contributed by atoms with Gasteiger partial charge in [-0.05, 0) is 44.2 Å². The molecule has 0 atom stereocenters. The summed E-state index contributed by atoms with van der Waals surface area (Å²) in [6.45, 7) is 4.99. The lowest BCUT2D eigenvalue weighted by atomic mass is 9.71. The summed E-state index contributed by atoms with van der Waals surface area (Å²) in [4.78, 5) is 27.0. The third kappa shape index (κ3) is 2.75. The van der Waals surface area contributed by atoms with E-state index in [0.717, 1.165) is 39.0 Å². The minimum absolute atomic E-state index is 0.0626. The molecule has 0 bridgehead atoms. The van der Waals surface area contributed by atoms with Crippen LogP contribution in [0.5, 0.6) is 0 Å². The van der Waals surface area contributed by atoms with Crippen molar-refractivity contribution >= 4 is 12.0 Å². The Balaban J connectivity index is 1.50. The fourth-order valence-corrected chi connectivity index (χ4v) is 3.52. The van der Waals surface area contributed by atoms with Gasteiger partial charge in [-0.1, -0.05) is 0 Å². The Bertz CT molecular complexity index is 383. The number of rotatable bonds is 2. The number of cyclic esters (lactones) is 1. The molecule has 0 aromatic carbocycles. The van der Waals surface area contributed by atoms with E-state index in [9.17, 15) is 9.59 Å². The third-order valence-corrected chi connectivity index (χ3v) is 5.01. The second-order valence-electron chi connectivity index (χ2n) is 6.17. The normalized spacial score (nSPS) is 25.9. The van der Waals surface area contributed by atoms with E-state index in [1.807, 2.05) is 4.90 Å². The van der Waals surface area contributed by atoms with Crippen LogP contribution in [-0.2, 0) is 9.53 Å². The van der Waals surface area contributed by atoms with E-state index in [-0.39, 0.29) is 18.5 Å². The molecule has 1 spiro atoms. The number of amides is 2. The molecule has 3 aliphatic heterocycles. The average molecular weight is 281 g/mol. The first kappa shape index (κ1) is 13.7. The van der Waals surface area contributed by atoms with Crippen LogP contribution in [0, 0.1) is 5.41 Å². The molecule has 3 heterocycles. The largest absolute Gasteiger partial charge is 0.448 e. The van der Waals surface area contributed by atoms with Crippen LogP contribution < -0.4 is 5.32 Å². The Morgan fingerprint density at radius 3 is 2.45 bits per heavy atom. The van der Waals surface area contributed by atoms with E-state index >= 15 is 0 Å². The van der Waals surface area contributed by atoms with Crippen LogP contribution in [0.2, 0.25) is 0 Å². The maximum atomic E-state index is 12.2. The van der Waals surface area contributed by atoms with Crippen LogP contribution in [-0.4, -0.2) is 67.7 Å². The molecule has 20 heavy (non-hydrogen) atoms. The van der Waals surface area contributed by atoms with Crippen LogP contribution >= 0.6 is 0 Å². The van der Waals surface area contributed by atoms with Crippen molar-refractivity contribution in [1.82, 2.24) is 15.1 Å². The van der Waals surface area contributed by atoms with Crippen molar-refractivity contribution in [1.29, 1.82) is 0 Å². The molecule has 112 valence electrons. The molecule has 0 radical (unpaired) electrons. The first-order valence-corrected chi connectivity index (χ1v) is 7.59. The zero-order valence-corrected chi connectivity index (χ0v) is 11.9. The van der Waals surface area contributed by atoms with Gasteiger partial charge in [-0.2, -0.15) is 0 Å². The van der Waals surface area contributed by atoms with E-state index in [2.05, 4.69) is 5.32 Å². The molecular formula is C14H23N3O3. The standard InChI is InChI=1S/C14H23N3O3/c18-12(11-17-9-10-20-13(17)19)16-7-3-14(4-8-16)1-5-15-6-2-14/h15H,1-11H2. The van der Waals surface area contributed by atoms with Gasteiger partial charge >= 0.3 is 6.09 Å². The van der Waals surface area contributed by atoms with Crippen molar-refractivity contribution < 1.29 is 14.3 Å². The van der Waals surface area contributed by atoms with Gasteiger partial charge in [0.2, 0.25) is 5.91 Å². The lowest BCUT2D eigenvalue weighted by Gasteiger charge is -2.44.